The smallest absolute Gasteiger partial charge is 0.269 e. The van der Waals surface area contributed by atoms with E-state index in [9.17, 15) is 13.2 Å². The molecule has 7 nitrogen and oxygen atoms in total. The van der Waals surface area contributed by atoms with Gasteiger partial charge in [-0.3, -0.25) is 15.6 Å². The van der Waals surface area contributed by atoms with Crippen molar-refractivity contribution in [3.05, 3.63) is 65.2 Å². The maximum Gasteiger partial charge on any atom is 0.269 e. The van der Waals surface area contributed by atoms with Crippen LogP contribution < -0.4 is 16.2 Å². The van der Waals surface area contributed by atoms with Gasteiger partial charge in [-0.2, -0.15) is 4.31 Å². The highest BCUT2D eigenvalue weighted by Crippen LogP contribution is 2.17. The molecule has 0 fully saturated rings. The Hall–Kier alpha value is -2.49. The molecule has 0 saturated carbocycles. The SMILES string of the molecule is CNC(=S)NNC(=O)c1ccc(CN(C)S(=O)(=O)c2ccc(C)cc2)cc1. The zero-order valence-corrected chi connectivity index (χ0v) is 16.9. The van der Waals surface area contributed by atoms with Gasteiger partial charge in [-0.25, -0.2) is 8.42 Å². The van der Waals surface area contributed by atoms with Crippen LogP contribution in [-0.2, 0) is 16.6 Å². The van der Waals surface area contributed by atoms with E-state index in [1.165, 1.54) is 11.4 Å². The number of carbonyl (C=O) groups excluding carboxylic acids is 1. The third-order valence-corrected chi connectivity index (χ3v) is 5.99. The lowest BCUT2D eigenvalue weighted by Gasteiger charge is -2.17. The fourth-order valence-electron chi connectivity index (χ4n) is 2.24. The Bertz CT molecular complexity index is 911. The Labute approximate surface area is 164 Å². The molecular formula is C18H22N4O3S2. The molecule has 0 aliphatic carbocycles. The molecule has 0 aliphatic rings. The summed E-state index contributed by atoms with van der Waals surface area (Å²) in [7, 11) is -0.416. The van der Waals surface area contributed by atoms with Crippen LogP contribution in [0.15, 0.2) is 53.4 Å². The molecule has 0 aliphatic heterocycles. The first-order valence-corrected chi connectivity index (χ1v) is 9.99. The van der Waals surface area contributed by atoms with Crippen molar-refractivity contribution in [1.29, 1.82) is 0 Å². The van der Waals surface area contributed by atoms with Crippen LogP contribution in [0.2, 0.25) is 0 Å². The number of rotatable bonds is 5. The number of amides is 1. The van der Waals surface area contributed by atoms with E-state index in [4.69, 9.17) is 12.2 Å². The molecule has 2 aromatic rings. The van der Waals surface area contributed by atoms with Gasteiger partial charge in [0.2, 0.25) is 10.0 Å². The lowest BCUT2D eigenvalue weighted by atomic mass is 10.1. The van der Waals surface area contributed by atoms with Gasteiger partial charge in [0.15, 0.2) is 5.11 Å². The number of nitrogens with one attached hydrogen (secondary N) is 3. The molecule has 144 valence electrons. The van der Waals surface area contributed by atoms with Crippen molar-refractivity contribution in [2.24, 2.45) is 0 Å². The van der Waals surface area contributed by atoms with Crippen molar-refractivity contribution in [2.75, 3.05) is 14.1 Å². The number of hydrazine groups is 1. The summed E-state index contributed by atoms with van der Waals surface area (Å²) < 4.78 is 26.5. The van der Waals surface area contributed by atoms with Crippen molar-refractivity contribution in [2.45, 2.75) is 18.4 Å². The zero-order valence-electron chi connectivity index (χ0n) is 15.3. The van der Waals surface area contributed by atoms with Gasteiger partial charge in [0, 0.05) is 26.2 Å². The second-order valence-corrected chi connectivity index (χ2v) is 8.38. The molecule has 0 heterocycles. The molecular weight excluding hydrogens is 384 g/mol. The van der Waals surface area contributed by atoms with Crippen LogP contribution in [0.4, 0.5) is 0 Å². The summed E-state index contributed by atoms with van der Waals surface area (Å²) in [6.07, 6.45) is 0. The first kappa shape index (κ1) is 20.8. The molecule has 0 unspecified atom stereocenters. The lowest BCUT2D eigenvalue weighted by Crippen LogP contribution is -2.45. The first-order valence-electron chi connectivity index (χ1n) is 8.14. The van der Waals surface area contributed by atoms with Crippen LogP contribution in [0, 0.1) is 6.92 Å². The van der Waals surface area contributed by atoms with Gasteiger partial charge in [0.25, 0.3) is 5.91 Å². The largest absolute Gasteiger partial charge is 0.364 e. The molecule has 0 aromatic heterocycles. The van der Waals surface area contributed by atoms with E-state index < -0.39 is 10.0 Å². The summed E-state index contributed by atoms with van der Waals surface area (Å²) in [6, 6.07) is 13.4. The van der Waals surface area contributed by atoms with Crippen LogP contribution in [0.1, 0.15) is 21.5 Å². The summed E-state index contributed by atoms with van der Waals surface area (Å²) in [5, 5.41) is 2.97. The van der Waals surface area contributed by atoms with Crippen molar-refractivity contribution in [3.8, 4) is 0 Å². The zero-order chi connectivity index (χ0) is 20.0. The molecule has 0 atom stereocenters. The van der Waals surface area contributed by atoms with Crippen LogP contribution in [-0.4, -0.2) is 37.8 Å². The van der Waals surface area contributed by atoms with Crippen LogP contribution >= 0.6 is 12.2 Å². The minimum atomic E-state index is -3.58. The van der Waals surface area contributed by atoms with Crippen LogP contribution in [0.25, 0.3) is 0 Å². The fraction of sp³-hybridized carbons (Fsp3) is 0.222. The summed E-state index contributed by atoms with van der Waals surface area (Å²) in [5.41, 5.74) is 7.20. The van der Waals surface area contributed by atoms with Gasteiger partial charge >= 0.3 is 0 Å². The van der Waals surface area contributed by atoms with Crippen molar-refractivity contribution < 1.29 is 13.2 Å². The van der Waals surface area contributed by atoms with Crippen molar-refractivity contribution in [3.63, 3.8) is 0 Å². The molecule has 0 saturated heterocycles. The molecule has 2 rings (SSSR count). The average Bonchev–Trinajstić information content (AvgIpc) is 2.66. The third-order valence-electron chi connectivity index (χ3n) is 3.87. The second-order valence-electron chi connectivity index (χ2n) is 5.93. The van der Waals surface area contributed by atoms with Crippen LogP contribution in [0.5, 0.6) is 0 Å². The molecule has 1 amide bonds. The van der Waals surface area contributed by atoms with Gasteiger partial charge in [0.05, 0.1) is 4.90 Å². The molecule has 9 heteroatoms. The first-order chi connectivity index (χ1) is 12.7. The number of hydrogen-bond acceptors (Lipinski definition) is 4. The monoisotopic (exact) mass is 406 g/mol. The average molecular weight is 407 g/mol. The Morgan fingerprint density at radius 1 is 1.04 bits per heavy atom. The number of nitrogens with zero attached hydrogens (tertiary/aromatic N) is 1. The maximum atomic E-state index is 12.6. The molecule has 2 aromatic carbocycles. The molecule has 3 N–H and O–H groups in total. The third kappa shape index (κ3) is 5.49. The topological polar surface area (TPSA) is 90.5 Å². The Kier molecular flexibility index (Phi) is 6.89. The second kappa shape index (κ2) is 8.94. The highest BCUT2D eigenvalue weighted by Gasteiger charge is 2.20. The normalized spacial score (nSPS) is 11.1. The fourth-order valence-corrected chi connectivity index (χ4v) is 3.45. The van der Waals surface area contributed by atoms with E-state index in [1.54, 1.807) is 55.6 Å². The van der Waals surface area contributed by atoms with E-state index in [0.29, 0.717) is 10.7 Å². The van der Waals surface area contributed by atoms with Crippen molar-refractivity contribution in [1.82, 2.24) is 20.5 Å². The summed E-state index contributed by atoms with van der Waals surface area (Å²) in [4.78, 5) is 12.3. The summed E-state index contributed by atoms with van der Waals surface area (Å²) in [5.74, 6) is -0.347. The molecule has 0 bridgehead atoms. The predicted molar refractivity (Wildman–Crippen MR) is 109 cm³/mol. The minimum Gasteiger partial charge on any atom is -0.364 e. The maximum absolute atomic E-state index is 12.6. The summed E-state index contributed by atoms with van der Waals surface area (Å²) in [6.45, 7) is 2.10. The molecule has 0 spiro atoms. The number of sulfonamides is 1. The Balaban J connectivity index is 2.04. The van der Waals surface area contributed by atoms with E-state index >= 15 is 0 Å². The van der Waals surface area contributed by atoms with Gasteiger partial charge in [-0.15, -0.1) is 0 Å². The number of benzene rings is 2. The standard InChI is InChI=1S/C18H22N4O3S2/c1-13-4-10-16(11-5-13)27(24,25)22(3)12-14-6-8-15(9-7-14)17(23)20-21-18(26)19-2/h4-11H,12H2,1-3H3,(H,20,23)(H2,19,21,26). The number of thiocarbonyl (C=S) groups is 1. The van der Waals surface area contributed by atoms with E-state index in [0.717, 1.165) is 11.1 Å². The van der Waals surface area contributed by atoms with Gasteiger partial charge < -0.3 is 5.32 Å². The van der Waals surface area contributed by atoms with E-state index in [-0.39, 0.29) is 17.3 Å². The number of carbonyl (C=O) groups is 1. The molecule has 0 radical (unpaired) electrons. The van der Waals surface area contributed by atoms with Crippen LogP contribution in [0.3, 0.4) is 0 Å². The van der Waals surface area contributed by atoms with Gasteiger partial charge in [-0.1, -0.05) is 29.8 Å². The van der Waals surface area contributed by atoms with Gasteiger partial charge in [0.1, 0.15) is 0 Å². The Morgan fingerprint density at radius 2 is 1.63 bits per heavy atom. The quantitative estimate of drug-likeness (QED) is 0.516. The highest BCUT2D eigenvalue weighted by molar-refractivity contribution is 7.89. The van der Waals surface area contributed by atoms with E-state index in [2.05, 4.69) is 16.2 Å². The van der Waals surface area contributed by atoms with Gasteiger partial charge in [-0.05, 0) is 49.0 Å². The number of aryl methyl sites for hydroxylation is 1. The van der Waals surface area contributed by atoms with E-state index in [1.807, 2.05) is 6.92 Å². The summed E-state index contributed by atoms with van der Waals surface area (Å²) >= 11 is 4.87. The lowest BCUT2D eigenvalue weighted by molar-refractivity contribution is 0.0943. The number of hydrogen-bond donors (Lipinski definition) is 3. The minimum absolute atomic E-state index is 0.195. The Morgan fingerprint density at radius 3 is 2.19 bits per heavy atom. The van der Waals surface area contributed by atoms with Crippen molar-refractivity contribution >= 4 is 33.3 Å². The predicted octanol–water partition coefficient (Wildman–Crippen LogP) is 1.55. The highest BCUT2D eigenvalue weighted by atomic mass is 32.2. The molecule has 27 heavy (non-hydrogen) atoms.